The van der Waals surface area contributed by atoms with E-state index in [1.807, 2.05) is 27.7 Å². The minimum Gasteiger partial charge on any atom is -0.357 e. The first kappa shape index (κ1) is 21.9. The molecule has 0 saturated carbocycles. The quantitative estimate of drug-likeness (QED) is 0.314. The van der Waals surface area contributed by atoms with Crippen LogP contribution in [0.15, 0.2) is 23.2 Å². The summed E-state index contributed by atoms with van der Waals surface area (Å²) < 4.78 is 51.8. The third-order valence-electron chi connectivity index (χ3n) is 2.62. The molecule has 0 amide bonds. The number of hydrogen-bond donors (Lipinski definition) is 2. The third-order valence-corrected chi connectivity index (χ3v) is 2.62. The zero-order valence-electron chi connectivity index (χ0n) is 13.5. The van der Waals surface area contributed by atoms with Gasteiger partial charge in [0.25, 0.3) is 0 Å². The Hall–Kier alpha value is -1.06. The van der Waals surface area contributed by atoms with Crippen molar-refractivity contribution in [3.8, 4) is 0 Å². The Bertz CT molecular complexity index is 537. The van der Waals surface area contributed by atoms with Gasteiger partial charge < -0.3 is 10.6 Å². The molecule has 3 nitrogen and oxygen atoms in total. The Morgan fingerprint density at radius 1 is 1.17 bits per heavy atom. The Balaban J connectivity index is 0.00000484. The van der Waals surface area contributed by atoms with E-state index in [0.29, 0.717) is 18.6 Å². The van der Waals surface area contributed by atoms with Crippen molar-refractivity contribution in [3.05, 3.63) is 35.1 Å². The lowest BCUT2D eigenvalue weighted by Gasteiger charge is -2.24. The average molecular weight is 447 g/mol. The summed E-state index contributed by atoms with van der Waals surface area (Å²) in [6.07, 6.45) is -4.61. The fraction of sp³-hybridized carbons (Fsp3) is 0.533. The molecule has 8 heteroatoms. The summed E-state index contributed by atoms with van der Waals surface area (Å²) in [5, 5.41) is 6.04. The van der Waals surface area contributed by atoms with Crippen LogP contribution in [0.3, 0.4) is 0 Å². The fourth-order valence-electron chi connectivity index (χ4n) is 1.78. The van der Waals surface area contributed by atoms with E-state index in [1.165, 1.54) is 0 Å². The monoisotopic (exact) mass is 447 g/mol. The molecular weight excluding hydrogens is 425 g/mol. The van der Waals surface area contributed by atoms with Gasteiger partial charge in [0.15, 0.2) is 5.96 Å². The van der Waals surface area contributed by atoms with E-state index < -0.39 is 17.6 Å². The molecule has 1 rings (SSSR count). The van der Waals surface area contributed by atoms with Crippen LogP contribution in [0.1, 0.15) is 38.8 Å². The molecule has 0 heterocycles. The molecule has 0 atom stereocenters. The average Bonchev–Trinajstić information content (AvgIpc) is 2.34. The Kier molecular flexibility index (Phi) is 8.30. The van der Waals surface area contributed by atoms with Crippen LogP contribution in [-0.4, -0.2) is 18.0 Å². The van der Waals surface area contributed by atoms with Crippen LogP contribution in [-0.2, 0) is 12.7 Å². The molecule has 1 aromatic rings. The largest absolute Gasteiger partial charge is 0.416 e. The molecule has 132 valence electrons. The molecule has 0 aliphatic rings. The van der Waals surface area contributed by atoms with Crippen LogP contribution in [0.4, 0.5) is 17.6 Å². The van der Waals surface area contributed by atoms with E-state index >= 15 is 0 Å². The zero-order valence-corrected chi connectivity index (χ0v) is 15.8. The molecule has 0 aliphatic carbocycles. The van der Waals surface area contributed by atoms with Crippen molar-refractivity contribution in [3.63, 3.8) is 0 Å². The van der Waals surface area contributed by atoms with Crippen LogP contribution in [0.2, 0.25) is 0 Å². The van der Waals surface area contributed by atoms with Crippen molar-refractivity contribution in [2.24, 2.45) is 4.99 Å². The van der Waals surface area contributed by atoms with Gasteiger partial charge in [0.2, 0.25) is 0 Å². The lowest BCUT2D eigenvalue weighted by Crippen LogP contribution is -2.47. The molecule has 0 radical (unpaired) electrons. The highest BCUT2D eigenvalue weighted by atomic mass is 127. The highest BCUT2D eigenvalue weighted by molar-refractivity contribution is 14.0. The molecule has 23 heavy (non-hydrogen) atoms. The van der Waals surface area contributed by atoms with Crippen molar-refractivity contribution < 1.29 is 17.6 Å². The van der Waals surface area contributed by atoms with Crippen LogP contribution in [0, 0.1) is 5.82 Å². The Morgan fingerprint density at radius 3 is 2.26 bits per heavy atom. The normalized spacial score (nSPS) is 12.6. The number of nitrogens with one attached hydrogen (secondary N) is 2. The van der Waals surface area contributed by atoms with Gasteiger partial charge in [-0.05, 0) is 45.4 Å². The SMILES string of the molecule is CCNC(=NCc1ccc(F)cc1C(F)(F)F)NC(C)(C)C.I. The maximum atomic E-state index is 13.1. The minimum atomic E-state index is -4.61. The molecule has 0 aromatic heterocycles. The predicted molar refractivity (Wildman–Crippen MR) is 94.5 cm³/mol. The topological polar surface area (TPSA) is 36.4 Å². The maximum Gasteiger partial charge on any atom is 0.416 e. The smallest absolute Gasteiger partial charge is 0.357 e. The first-order valence-corrected chi connectivity index (χ1v) is 6.95. The Morgan fingerprint density at radius 2 is 1.78 bits per heavy atom. The molecule has 0 fully saturated rings. The molecular formula is C15H22F4IN3. The third kappa shape index (κ3) is 7.85. The van der Waals surface area contributed by atoms with Crippen LogP contribution >= 0.6 is 24.0 Å². The van der Waals surface area contributed by atoms with Gasteiger partial charge in [0.1, 0.15) is 5.82 Å². The van der Waals surface area contributed by atoms with E-state index in [-0.39, 0.29) is 41.6 Å². The van der Waals surface area contributed by atoms with Gasteiger partial charge in [-0.15, -0.1) is 24.0 Å². The van der Waals surface area contributed by atoms with Gasteiger partial charge in [0, 0.05) is 12.1 Å². The van der Waals surface area contributed by atoms with Crippen LogP contribution in [0.5, 0.6) is 0 Å². The van der Waals surface area contributed by atoms with Crippen molar-refractivity contribution in [2.75, 3.05) is 6.54 Å². The van der Waals surface area contributed by atoms with Gasteiger partial charge in [-0.1, -0.05) is 6.07 Å². The van der Waals surface area contributed by atoms with Gasteiger partial charge >= 0.3 is 6.18 Å². The van der Waals surface area contributed by atoms with Crippen molar-refractivity contribution in [1.29, 1.82) is 0 Å². The lowest BCUT2D eigenvalue weighted by atomic mass is 10.1. The number of aliphatic imine (C=N–C) groups is 1. The van der Waals surface area contributed by atoms with E-state index in [9.17, 15) is 17.6 Å². The standard InChI is InChI=1S/C15H21F4N3.HI/c1-5-20-13(22-14(2,3)4)21-9-10-6-7-11(16)8-12(10)15(17,18)19;/h6-8H,5,9H2,1-4H3,(H2,20,21,22);1H. The summed E-state index contributed by atoms with van der Waals surface area (Å²) in [4.78, 5) is 4.14. The van der Waals surface area contributed by atoms with Gasteiger partial charge in [-0.25, -0.2) is 9.38 Å². The van der Waals surface area contributed by atoms with Crippen LogP contribution < -0.4 is 10.6 Å². The number of alkyl halides is 3. The number of hydrogen-bond acceptors (Lipinski definition) is 1. The summed E-state index contributed by atoms with van der Waals surface area (Å²) >= 11 is 0. The molecule has 1 aromatic carbocycles. The van der Waals surface area contributed by atoms with E-state index in [0.717, 1.165) is 12.1 Å². The number of rotatable bonds is 3. The van der Waals surface area contributed by atoms with Crippen molar-refractivity contribution in [2.45, 2.75) is 46.0 Å². The second kappa shape index (κ2) is 8.70. The molecule has 0 saturated heterocycles. The highest BCUT2D eigenvalue weighted by Crippen LogP contribution is 2.32. The van der Waals surface area contributed by atoms with Crippen molar-refractivity contribution >= 4 is 29.9 Å². The number of guanidine groups is 1. The van der Waals surface area contributed by atoms with Gasteiger partial charge in [0.05, 0.1) is 12.1 Å². The molecule has 0 bridgehead atoms. The first-order chi connectivity index (χ1) is 10.0. The van der Waals surface area contributed by atoms with E-state index in [4.69, 9.17) is 0 Å². The summed E-state index contributed by atoms with van der Waals surface area (Å²) in [5.74, 6) is -0.507. The Labute approximate surface area is 151 Å². The summed E-state index contributed by atoms with van der Waals surface area (Å²) in [5.41, 5.74) is -1.35. The first-order valence-electron chi connectivity index (χ1n) is 6.95. The summed E-state index contributed by atoms with van der Waals surface area (Å²) in [7, 11) is 0. The molecule has 0 spiro atoms. The van der Waals surface area contributed by atoms with Gasteiger partial charge in [-0.2, -0.15) is 13.2 Å². The van der Waals surface area contributed by atoms with Crippen LogP contribution in [0.25, 0.3) is 0 Å². The van der Waals surface area contributed by atoms with Crippen molar-refractivity contribution in [1.82, 2.24) is 10.6 Å². The number of nitrogens with zero attached hydrogens (tertiary/aromatic N) is 1. The highest BCUT2D eigenvalue weighted by Gasteiger charge is 2.33. The zero-order chi connectivity index (χ0) is 17.0. The maximum absolute atomic E-state index is 13.1. The second-order valence-electron chi connectivity index (χ2n) is 5.87. The van der Waals surface area contributed by atoms with Gasteiger partial charge in [-0.3, -0.25) is 0 Å². The fourth-order valence-corrected chi connectivity index (χ4v) is 1.78. The molecule has 0 aliphatic heterocycles. The number of halogens is 5. The van der Waals surface area contributed by atoms with E-state index in [1.54, 1.807) is 0 Å². The minimum absolute atomic E-state index is 0. The lowest BCUT2D eigenvalue weighted by molar-refractivity contribution is -0.138. The summed E-state index contributed by atoms with van der Waals surface area (Å²) in [6.45, 7) is 7.99. The second-order valence-corrected chi connectivity index (χ2v) is 5.87. The summed E-state index contributed by atoms with van der Waals surface area (Å²) in [6, 6.07) is 2.61. The molecule has 2 N–H and O–H groups in total. The molecule has 0 unspecified atom stereocenters. The van der Waals surface area contributed by atoms with E-state index in [2.05, 4.69) is 15.6 Å². The predicted octanol–water partition coefficient (Wildman–Crippen LogP) is 4.32. The number of benzene rings is 1.